The second kappa shape index (κ2) is 3.44. The Morgan fingerprint density at radius 1 is 1.57 bits per heavy atom. The zero-order valence-corrected chi connectivity index (χ0v) is 9.03. The molecular weight excluding hydrogens is 180 g/mol. The number of carboxylic acids is 1. The van der Waals surface area contributed by atoms with Gasteiger partial charge >= 0.3 is 5.97 Å². The van der Waals surface area contributed by atoms with Crippen molar-refractivity contribution in [3.63, 3.8) is 0 Å². The summed E-state index contributed by atoms with van der Waals surface area (Å²) in [4.78, 5) is 10.5. The second-order valence-electron chi connectivity index (χ2n) is 4.43. The van der Waals surface area contributed by atoms with Gasteiger partial charge in [-0.3, -0.25) is 9.48 Å². The van der Waals surface area contributed by atoms with Crippen LogP contribution >= 0.6 is 0 Å². The molecule has 0 spiro atoms. The maximum Gasteiger partial charge on any atom is 0.309 e. The number of aromatic nitrogens is 2. The van der Waals surface area contributed by atoms with E-state index in [2.05, 4.69) is 5.10 Å². The largest absolute Gasteiger partial charge is 0.481 e. The van der Waals surface area contributed by atoms with Crippen LogP contribution in [-0.2, 0) is 16.8 Å². The molecule has 1 aromatic heterocycles. The Morgan fingerprint density at radius 2 is 2.14 bits per heavy atom. The Kier molecular flexibility index (Phi) is 2.64. The number of hydrogen-bond donors (Lipinski definition) is 1. The zero-order valence-electron chi connectivity index (χ0n) is 9.03. The van der Waals surface area contributed by atoms with Gasteiger partial charge < -0.3 is 5.11 Å². The highest BCUT2D eigenvalue weighted by Crippen LogP contribution is 2.16. The fraction of sp³-hybridized carbons (Fsp3) is 0.600. The molecule has 1 rings (SSSR count). The Hall–Kier alpha value is -1.32. The van der Waals surface area contributed by atoms with Crippen LogP contribution in [0.2, 0.25) is 0 Å². The molecule has 14 heavy (non-hydrogen) atoms. The number of carboxylic acid groups (broad SMARTS) is 1. The van der Waals surface area contributed by atoms with Crippen LogP contribution in [0.1, 0.15) is 32.2 Å². The van der Waals surface area contributed by atoms with E-state index in [1.54, 1.807) is 0 Å². The number of hydrogen-bond acceptors (Lipinski definition) is 2. The van der Waals surface area contributed by atoms with E-state index in [0.29, 0.717) is 5.69 Å². The molecule has 0 aliphatic heterocycles. The number of rotatable bonds is 2. The molecule has 0 aliphatic carbocycles. The molecule has 1 N–H and O–H groups in total. The molecule has 1 heterocycles. The summed E-state index contributed by atoms with van der Waals surface area (Å²) in [5.41, 5.74) is 1.51. The summed E-state index contributed by atoms with van der Waals surface area (Å²) in [5, 5.41) is 12.9. The van der Waals surface area contributed by atoms with Crippen LogP contribution in [0.15, 0.2) is 6.07 Å². The maximum atomic E-state index is 10.5. The second-order valence-corrected chi connectivity index (χ2v) is 4.43. The Morgan fingerprint density at radius 3 is 2.50 bits per heavy atom. The molecule has 0 unspecified atom stereocenters. The Bertz CT molecular complexity index is 347. The van der Waals surface area contributed by atoms with Crippen molar-refractivity contribution in [2.24, 2.45) is 0 Å². The topological polar surface area (TPSA) is 55.1 Å². The molecule has 1 aromatic rings. The molecule has 0 aromatic carbocycles. The zero-order chi connectivity index (χ0) is 10.9. The smallest absolute Gasteiger partial charge is 0.309 e. The van der Waals surface area contributed by atoms with Crippen molar-refractivity contribution in [3.05, 3.63) is 17.5 Å². The van der Waals surface area contributed by atoms with Gasteiger partial charge in [0.05, 0.1) is 17.7 Å². The minimum Gasteiger partial charge on any atom is -0.481 e. The molecule has 4 heteroatoms. The molecule has 0 saturated carbocycles. The van der Waals surface area contributed by atoms with Crippen molar-refractivity contribution in [1.82, 2.24) is 9.78 Å². The lowest BCUT2D eigenvalue weighted by atomic mass is 10.1. The van der Waals surface area contributed by atoms with Crippen LogP contribution in [0.4, 0.5) is 0 Å². The third kappa shape index (κ3) is 2.34. The van der Waals surface area contributed by atoms with E-state index in [1.807, 2.05) is 38.4 Å². The highest BCUT2D eigenvalue weighted by molar-refractivity contribution is 5.69. The van der Waals surface area contributed by atoms with Gasteiger partial charge in [0.15, 0.2) is 0 Å². The molecule has 0 radical (unpaired) electrons. The summed E-state index contributed by atoms with van der Waals surface area (Å²) in [6.45, 7) is 8.05. The lowest BCUT2D eigenvalue weighted by Gasteiger charge is -2.21. The van der Waals surface area contributed by atoms with Crippen LogP contribution in [0.3, 0.4) is 0 Å². The molecule has 0 atom stereocenters. The van der Waals surface area contributed by atoms with Gasteiger partial charge in [-0.25, -0.2) is 0 Å². The normalized spacial score (nSPS) is 11.7. The Balaban J connectivity index is 2.99. The molecule has 0 fully saturated rings. The van der Waals surface area contributed by atoms with E-state index in [-0.39, 0.29) is 12.0 Å². The summed E-state index contributed by atoms with van der Waals surface area (Å²) in [6, 6.07) is 1.82. The first-order chi connectivity index (χ1) is 6.30. The fourth-order valence-electron chi connectivity index (χ4n) is 1.46. The number of aliphatic carboxylic acids is 1. The number of carbonyl (C=O) groups is 1. The third-order valence-electron chi connectivity index (χ3n) is 1.91. The van der Waals surface area contributed by atoms with Crippen molar-refractivity contribution < 1.29 is 9.90 Å². The van der Waals surface area contributed by atoms with Crippen LogP contribution in [0.5, 0.6) is 0 Å². The molecule has 78 valence electrons. The summed E-state index contributed by atoms with van der Waals surface area (Å²) in [6.07, 6.45) is -0.0100. The van der Waals surface area contributed by atoms with Crippen molar-refractivity contribution in [2.75, 3.05) is 0 Å². The van der Waals surface area contributed by atoms with Crippen molar-refractivity contribution in [1.29, 1.82) is 0 Å². The lowest BCUT2D eigenvalue weighted by Crippen LogP contribution is -2.24. The van der Waals surface area contributed by atoms with Gasteiger partial charge in [0.1, 0.15) is 0 Å². The Labute approximate surface area is 83.5 Å². The SMILES string of the molecule is Cc1cc(CC(=O)O)nn1C(C)(C)C. The van der Waals surface area contributed by atoms with Gasteiger partial charge in [-0.1, -0.05) is 0 Å². The van der Waals surface area contributed by atoms with Crippen molar-refractivity contribution >= 4 is 5.97 Å². The summed E-state index contributed by atoms with van der Waals surface area (Å²) >= 11 is 0. The maximum absolute atomic E-state index is 10.5. The predicted molar refractivity (Wildman–Crippen MR) is 53.3 cm³/mol. The van der Waals surface area contributed by atoms with E-state index in [0.717, 1.165) is 5.69 Å². The quantitative estimate of drug-likeness (QED) is 0.781. The first-order valence-electron chi connectivity index (χ1n) is 4.58. The first kappa shape index (κ1) is 10.8. The highest BCUT2D eigenvalue weighted by atomic mass is 16.4. The van der Waals surface area contributed by atoms with Gasteiger partial charge in [0.2, 0.25) is 0 Å². The predicted octanol–water partition coefficient (Wildman–Crippen LogP) is 1.57. The van der Waals surface area contributed by atoms with Crippen LogP contribution in [-0.4, -0.2) is 20.9 Å². The van der Waals surface area contributed by atoms with Crippen molar-refractivity contribution in [3.8, 4) is 0 Å². The third-order valence-corrected chi connectivity index (χ3v) is 1.91. The van der Waals surface area contributed by atoms with Gasteiger partial charge in [-0.15, -0.1) is 0 Å². The van der Waals surface area contributed by atoms with Crippen LogP contribution in [0.25, 0.3) is 0 Å². The van der Waals surface area contributed by atoms with Gasteiger partial charge in [0, 0.05) is 5.69 Å². The molecule has 0 bridgehead atoms. The summed E-state index contributed by atoms with van der Waals surface area (Å²) in [5.74, 6) is -0.844. The van der Waals surface area contributed by atoms with Crippen LogP contribution in [0, 0.1) is 6.92 Å². The standard InChI is InChI=1S/C10H16N2O2/c1-7-5-8(6-9(13)14)11-12(7)10(2,3)4/h5H,6H2,1-4H3,(H,13,14). The van der Waals surface area contributed by atoms with Crippen LogP contribution < -0.4 is 0 Å². The molecule has 0 amide bonds. The molecule has 4 nitrogen and oxygen atoms in total. The fourth-order valence-corrected chi connectivity index (χ4v) is 1.46. The number of aryl methyl sites for hydroxylation is 1. The number of nitrogens with zero attached hydrogens (tertiary/aromatic N) is 2. The minimum atomic E-state index is -0.844. The van der Waals surface area contributed by atoms with Crippen molar-refractivity contribution in [2.45, 2.75) is 39.7 Å². The van der Waals surface area contributed by atoms with E-state index in [4.69, 9.17) is 5.11 Å². The highest BCUT2D eigenvalue weighted by Gasteiger charge is 2.17. The van der Waals surface area contributed by atoms with Gasteiger partial charge in [0.25, 0.3) is 0 Å². The average molecular weight is 196 g/mol. The first-order valence-corrected chi connectivity index (χ1v) is 4.58. The van der Waals surface area contributed by atoms with Gasteiger partial charge in [-0.2, -0.15) is 5.10 Å². The average Bonchev–Trinajstić information content (AvgIpc) is 2.27. The molecular formula is C10H16N2O2. The molecule has 0 saturated heterocycles. The van der Waals surface area contributed by atoms with Gasteiger partial charge in [-0.05, 0) is 33.8 Å². The summed E-state index contributed by atoms with van der Waals surface area (Å²) < 4.78 is 1.85. The van der Waals surface area contributed by atoms with E-state index < -0.39 is 5.97 Å². The van der Waals surface area contributed by atoms with E-state index in [9.17, 15) is 4.79 Å². The monoisotopic (exact) mass is 196 g/mol. The summed E-state index contributed by atoms with van der Waals surface area (Å²) in [7, 11) is 0. The van der Waals surface area contributed by atoms with E-state index in [1.165, 1.54) is 0 Å². The molecule has 0 aliphatic rings. The minimum absolute atomic E-state index is 0.0100. The lowest BCUT2D eigenvalue weighted by molar-refractivity contribution is -0.136. The van der Waals surface area contributed by atoms with E-state index >= 15 is 0 Å².